The van der Waals surface area contributed by atoms with E-state index in [-0.39, 0.29) is 0 Å². The van der Waals surface area contributed by atoms with E-state index in [1.165, 1.54) is 124 Å². The van der Waals surface area contributed by atoms with Crippen LogP contribution >= 0.6 is 23.1 Å². The molecule has 1 aliphatic carbocycles. The molecule has 4 heteroatoms. The fourth-order valence-corrected chi connectivity index (χ4v) is 14.4. The van der Waals surface area contributed by atoms with Crippen molar-refractivity contribution in [2.45, 2.75) is 36.0 Å². The smallest absolute Gasteiger partial charge is 0.142 e. The Kier molecular flexibility index (Phi) is 11.9. The highest BCUT2D eigenvalue weighted by atomic mass is 32.2. The van der Waals surface area contributed by atoms with Crippen LogP contribution in [0, 0.1) is 6.92 Å². The lowest BCUT2D eigenvalue weighted by Gasteiger charge is -2.18. The van der Waals surface area contributed by atoms with E-state index in [1.807, 2.05) is 23.1 Å². The number of allylic oxidation sites excluding steroid dienone is 2. The molecule has 0 unspecified atom stereocenters. The molecule has 11 aromatic carbocycles. The summed E-state index contributed by atoms with van der Waals surface area (Å²) in [5.41, 5.74) is 22.4. The molecule has 0 saturated carbocycles. The molecule has 0 bridgehead atoms. The van der Waals surface area contributed by atoms with Crippen LogP contribution in [0.3, 0.4) is 0 Å². The van der Waals surface area contributed by atoms with Gasteiger partial charge in [0.25, 0.3) is 0 Å². The quantitative estimate of drug-likeness (QED) is 0.128. The van der Waals surface area contributed by atoms with Crippen LogP contribution in [0.4, 0.5) is 0 Å². The molecule has 14 aromatic rings. The Morgan fingerprint density at radius 3 is 1.93 bits per heavy atom. The molecule has 0 radical (unpaired) electrons. The minimum Gasteiger partial charge on any atom is -0.456 e. The highest BCUT2D eigenvalue weighted by Crippen LogP contribution is 2.44. The molecule has 0 atom stereocenters. The summed E-state index contributed by atoms with van der Waals surface area (Å²) in [5.74, 6) is 0.992. The predicted molar refractivity (Wildman–Crippen MR) is 342 cm³/mol. The van der Waals surface area contributed by atoms with Crippen molar-refractivity contribution < 1.29 is 4.42 Å². The zero-order chi connectivity index (χ0) is 53.3. The number of fused-ring (bicyclic) bond motifs is 9. The van der Waals surface area contributed by atoms with Gasteiger partial charge < -0.3 is 8.98 Å². The van der Waals surface area contributed by atoms with Crippen molar-refractivity contribution in [3.8, 4) is 61.3 Å². The molecular weight excluding hydrogens is 1010 g/mol. The first kappa shape index (κ1) is 48.0. The second-order valence-electron chi connectivity index (χ2n) is 21.2. The van der Waals surface area contributed by atoms with E-state index < -0.39 is 0 Å². The van der Waals surface area contributed by atoms with Crippen LogP contribution in [0.1, 0.15) is 34.4 Å². The second kappa shape index (κ2) is 19.9. The topological polar surface area (TPSA) is 18.1 Å². The monoisotopic (exact) mass is 1060 g/mol. The molecule has 3 heterocycles. The largest absolute Gasteiger partial charge is 0.456 e. The number of nitrogens with zero attached hydrogens (tertiary/aromatic N) is 1. The molecule has 15 rings (SSSR count). The normalized spacial score (nSPS) is 12.3. The summed E-state index contributed by atoms with van der Waals surface area (Å²) in [6, 6.07) is 89.4. The minimum absolute atomic E-state index is 0.739. The summed E-state index contributed by atoms with van der Waals surface area (Å²) < 4.78 is 11.6. The summed E-state index contributed by atoms with van der Waals surface area (Å²) in [6.45, 7) is 7.04. The van der Waals surface area contributed by atoms with E-state index in [4.69, 9.17) is 11.0 Å². The lowest BCUT2D eigenvalue weighted by molar-refractivity contribution is 0.596. The lowest BCUT2D eigenvalue weighted by atomic mass is 9.87. The van der Waals surface area contributed by atoms with E-state index in [2.05, 4.69) is 266 Å². The third kappa shape index (κ3) is 8.51. The van der Waals surface area contributed by atoms with Gasteiger partial charge in [0, 0.05) is 62.9 Å². The fourth-order valence-electron chi connectivity index (χ4n) is 12.3. The Balaban J connectivity index is 0.773. The first-order chi connectivity index (χ1) is 39.5. The van der Waals surface area contributed by atoms with Crippen molar-refractivity contribution in [1.82, 2.24) is 4.57 Å². The number of para-hydroxylation sites is 1. The zero-order valence-electron chi connectivity index (χ0n) is 44.2. The Hall–Kier alpha value is -9.19. The zero-order valence-corrected chi connectivity index (χ0v) is 45.9. The summed E-state index contributed by atoms with van der Waals surface area (Å²) in [4.78, 5) is 2.37. The van der Waals surface area contributed by atoms with Gasteiger partial charge in [0.1, 0.15) is 11.3 Å². The van der Waals surface area contributed by atoms with Gasteiger partial charge in [0.2, 0.25) is 0 Å². The van der Waals surface area contributed by atoms with E-state index >= 15 is 0 Å². The van der Waals surface area contributed by atoms with Crippen molar-refractivity contribution in [3.05, 3.63) is 283 Å². The van der Waals surface area contributed by atoms with Crippen molar-refractivity contribution in [3.63, 3.8) is 0 Å². The van der Waals surface area contributed by atoms with Gasteiger partial charge in [0.05, 0.1) is 11.0 Å². The van der Waals surface area contributed by atoms with Crippen LogP contribution in [0.15, 0.2) is 270 Å². The van der Waals surface area contributed by atoms with Crippen molar-refractivity contribution in [1.29, 1.82) is 0 Å². The Morgan fingerprint density at radius 1 is 0.500 bits per heavy atom. The summed E-state index contributed by atoms with van der Waals surface area (Å²) >= 11 is 3.70. The number of hydrogen-bond donors (Lipinski definition) is 0. The number of aryl methyl sites for hydroxylation is 2. The summed E-state index contributed by atoms with van der Waals surface area (Å²) in [7, 11) is 0. The van der Waals surface area contributed by atoms with Crippen LogP contribution in [0.25, 0.3) is 126 Å². The van der Waals surface area contributed by atoms with Crippen molar-refractivity contribution in [2.75, 3.05) is 0 Å². The Labute approximate surface area is 474 Å². The highest BCUT2D eigenvalue weighted by molar-refractivity contribution is 7.99. The molecule has 0 fully saturated rings. The van der Waals surface area contributed by atoms with Crippen molar-refractivity contribution in [2.24, 2.45) is 0 Å². The average Bonchev–Trinajstić information content (AvgIpc) is 4.41. The maximum atomic E-state index is 6.52. The minimum atomic E-state index is 0.739. The number of furan rings is 1. The van der Waals surface area contributed by atoms with Crippen molar-refractivity contribution >= 4 is 87.7 Å². The third-order valence-corrected chi connectivity index (χ3v) is 18.5. The Bertz CT molecular complexity index is 4760. The molecule has 380 valence electrons. The van der Waals surface area contributed by atoms with Crippen LogP contribution < -0.4 is 0 Å². The van der Waals surface area contributed by atoms with E-state index in [9.17, 15) is 0 Å². The van der Waals surface area contributed by atoms with Crippen LogP contribution in [-0.2, 0) is 12.8 Å². The van der Waals surface area contributed by atoms with E-state index in [1.54, 1.807) is 0 Å². The standard InChI is InChI=1S/C76H53NOS2/c1-48-27-38-58(46-67(48)68-44-55(51-15-5-3-6-16-51)34-40-60(68)49(2)43-50-28-30-54(31-29-50)62-22-14-24-66-64-20-10-12-26-74(64)80-76(62)66)79-59-39-42-72-70(47-59)69-45-56(52-17-7-4-8-18-52)35-41-71(69)77(72)57-36-32-53(33-37-57)61-21-13-23-65-63-19-9-11-25-73(63)78-75(61)65/h3-8,10-18,20-42,44-47H,2,9,19,43H2,1H3. The highest BCUT2D eigenvalue weighted by Gasteiger charge is 2.21. The van der Waals surface area contributed by atoms with Crippen LogP contribution in [0.2, 0.25) is 0 Å². The number of thiophene rings is 1. The van der Waals surface area contributed by atoms with E-state index in [0.29, 0.717) is 0 Å². The lowest BCUT2D eigenvalue weighted by Crippen LogP contribution is -1.96. The number of benzene rings is 11. The molecule has 2 nitrogen and oxygen atoms in total. The second-order valence-corrected chi connectivity index (χ2v) is 23.4. The molecule has 0 spiro atoms. The van der Waals surface area contributed by atoms with E-state index in [0.717, 1.165) is 53.0 Å². The van der Waals surface area contributed by atoms with Gasteiger partial charge >= 0.3 is 0 Å². The van der Waals surface area contributed by atoms with Gasteiger partial charge in [-0.3, -0.25) is 0 Å². The molecule has 0 aliphatic heterocycles. The fraction of sp³-hybridized carbons (Fsp3) is 0.0526. The Morgan fingerprint density at radius 2 is 1.12 bits per heavy atom. The van der Waals surface area contributed by atoms with Gasteiger partial charge in [0.15, 0.2) is 0 Å². The average molecular weight is 1060 g/mol. The first-order valence-electron chi connectivity index (χ1n) is 27.6. The first-order valence-corrected chi connectivity index (χ1v) is 29.2. The van der Waals surface area contributed by atoms with Crippen LogP contribution in [-0.4, -0.2) is 4.57 Å². The molecule has 3 aromatic heterocycles. The third-order valence-electron chi connectivity index (χ3n) is 16.3. The maximum Gasteiger partial charge on any atom is 0.142 e. The van der Waals surface area contributed by atoms with Gasteiger partial charge in [-0.1, -0.05) is 200 Å². The summed E-state index contributed by atoms with van der Waals surface area (Å²) in [6.07, 6.45) is 7.15. The molecule has 1 aliphatic rings. The number of rotatable bonds is 11. The molecule has 80 heavy (non-hydrogen) atoms. The maximum absolute atomic E-state index is 6.52. The van der Waals surface area contributed by atoms with Gasteiger partial charge in [-0.2, -0.15) is 0 Å². The number of hydrogen-bond acceptors (Lipinski definition) is 3. The van der Waals surface area contributed by atoms with Gasteiger partial charge in [-0.15, -0.1) is 11.3 Å². The van der Waals surface area contributed by atoms with Gasteiger partial charge in [-0.05, 0) is 171 Å². The SMILES string of the molecule is C=C(Cc1ccc(-c2cccc3c2sc2ccccc23)cc1)c1ccc(-c2ccccc2)cc1-c1cc(Sc2ccc3c(c2)c2cc(-c4ccccc4)ccc2n3-c2ccc(-c3cccc4c5c(oc34)C=CCC5)cc2)ccc1C. The molecule has 0 amide bonds. The molecule has 0 N–H and O–H groups in total. The van der Waals surface area contributed by atoms with Crippen LogP contribution in [0.5, 0.6) is 0 Å². The van der Waals surface area contributed by atoms with Gasteiger partial charge in [-0.25, -0.2) is 0 Å². The molecular formula is C76H53NOS2. The predicted octanol–water partition coefficient (Wildman–Crippen LogP) is 21.9. The molecule has 0 saturated heterocycles. The number of aromatic nitrogens is 1. The summed E-state index contributed by atoms with van der Waals surface area (Å²) in [5, 5.41) is 6.31.